The van der Waals surface area contributed by atoms with Gasteiger partial charge in [0.15, 0.2) is 24.7 Å². The van der Waals surface area contributed by atoms with Gasteiger partial charge in [-0.15, -0.1) is 0 Å². The Bertz CT molecular complexity index is 1590. The number of hydrogen-bond acceptors (Lipinski definition) is 18. The van der Waals surface area contributed by atoms with E-state index in [0.29, 0.717) is 43.1 Å². The number of ether oxygens (including phenoxy) is 8. The maximum atomic E-state index is 12.1. The predicted molar refractivity (Wildman–Crippen MR) is 216 cm³/mol. The number of aliphatic hydroxyl groups is 10. The molecule has 362 valence electrons. The quantitative estimate of drug-likeness (QED) is 0.134. The molecule has 1 spiro atoms. The number of hydrogen-bond donors (Lipinski definition) is 10. The van der Waals surface area contributed by atoms with E-state index in [0.717, 1.165) is 44.9 Å². The maximum Gasteiger partial charge on any atom is 0.187 e. The van der Waals surface area contributed by atoms with Gasteiger partial charge in [0.25, 0.3) is 0 Å². The maximum absolute atomic E-state index is 12.1. The van der Waals surface area contributed by atoms with Crippen molar-refractivity contribution in [1.29, 1.82) is 0 Å². The van der Waals surface area contributed by atoms with Gasteiger partial charge in [-0.25, -0.2) is 0 Å². The third-order valence-corrected chi connectivity index (χ3v) is 18.4. The molecule has 9 aliphatic rings. The van der Waals surface area contributed by atoms with Crippen molar-refractivity contribution in [3.8, 4) is 0 Å². The second kappa shape index (κ2) is 17.7. The summed E-state index contributed by atoms with van der Waals surface area (Å²) in [7, 11) is 0. The van der Waals surface area contributed by atoms with E-state index >= 15 is 0 Å². The fraction of sp³-hybridized carbons (Fsp3) is 1.00. The van der Waals surface area contributed by atoms with Crippen molar-refractivity contribution in [2.45, 2.75) is 209 Å². The van der Waals surface area contributed by atoms with Crippen LogP contribution in [0.5, 0.6) is 0 Å². The molecule has 0 aromatic heterocycles. The van der Waals surface area contributed by atoms with Gasteiger partial charge >= 0.3 is 0 Å². The molecule has 0 bridgehead atoms. The zero-order valence-electron chi connectivity index (χ0n) is 37.2. The summed E-state index contributed by atoms with van der Waals surface area (Å²) in [6.07, 6.45) is -16.2. The number of rotatable bonds is 8. The summed E-state index contributed by atoms with van der Waals surface area (Å²) in [5.74, 6) is 1.78. The lowest BCUT2D eigenvalue weighted by Gasteiger charge is -2.62. The molecule has 5 aliphatic heterocycles. The molecule has 9 rings (SSSR count). The largest absolute Gasteiger partial charge is 0.396 e. The van der Waals surface area contributed by atoms with Crippen molar-refractivity contribution >= 4 is 0 Å². The molecule has 0 aromatic carbocycles. The van der Waals surface area contributed by atoms with E-state index in [2.05, 4.69) is 20.8 Å². The van der Waals surface area contributed by atoms with Crippen LogP contribution in [-0.2, 0) is 37.9 Å². The minimum absolute atomic E-state index is 0.106. The van der Waals surface area contributed by atoms with Crippen LogP contribution in [0.1, 0.15) is 92.4 Å². The van der Waals surface area contributed by atoms with E-state index in [4.69, 9.17) is 37.9 Å². The summed E-state index contributed by atoms with van der Waals surface area (Å²) >= 11 is 0. The molecule has 9 fully saturated rings. The third kappa shape index (κ3) is 7.79. The monoisotopic (exact) mass is 902 g/mol. The number of aliphatic hydroxyl groups excluding tert-OH is 10. The third-order valence-electron chi connectivity index (χ3n) is 18.4. The SMILES string of the molecule is C[C@@H]1O[C@@H](O[C@H]2[C@H](O[C@H]3C[C@@H]4CC[C@H]5[C@H]6C[C@@H]7O[C@]8(CC[C@@H](CO)CO8)[C@@H](C)[C@@H]7[C@@]6(C)CC[C@@H]5[C@@]4(C)C[C@H]3O)O[C@H](CO)[C@@H](O[C@@H]3O[C@@H](C)[C@H](O)[C@@H](O)[C@H]3O)[C@@H]2O)[C@H](O)[C@H](O)[C@H]1O. The topological polar surface area (TPSA) is 276 Å². The lowest BCUT2D eigenvalue weighted by Crippen LogP contribution is -2.67. The molecule has 0 radical (unpaired) electrons. The first-order valence-corrected chi connectivity index (χ1v) is 23.8. The Morgan fingerprint density at radius 3 is 1.86 bits per heavy atom. The smallest absolute Gasteiger partial charge is 0.187 e. The molecule has 0 aromatic rings. The van der Waals surface area contributed by atoms with Gasteiger partial charge in [0, 0.05) is 24.9 Å². The van der Waals surface area contributed by atoms with Gasteiger partial charge in [0.2, 0.25) is 0 Å². The Morgan fingerprint density at radius 2 is 1.25 bits per heavy atom. The van der Waals surface area contributed by atoms with Crippen molar-refractivity contribution in [3.63, 3.8) is 0 Å². The Balaban J connectivity index is 0.909. The molecule has 28 atom stereocenters. The van der Waals surface area contributed by atoms with Crippen LogP contribution in [0.2, 0.25) is 0 Å². The first-order chi connectivity index (χ1) is 29.8. The molecule has 63 heavy (non-hydrogen) atoms. The summed E-state index contributed by atoms with van der Waals surface area (Å²) in [5, 5.41) is 108. The van der Waals surface area contributed by atoms with E-state index in [-0.39, 0.29) is 41.3 Å². The van der Waals surface area contributed by atoms with Crippen LogP contribution in [0.15, 0.2) is 0 Å². The van der Waals surface area contributed by atoms with Crippen LogP contribution < -0.4 is 0 Å². The molecular weight excluding hydrogens is 828 g/mol. The molecule has 4 saturated carbocycles. The summed E-state index contributed by atoms with van der Waals surface area (Å²) in [5.41, 5.74) is -0.0749. The summed E-state index contributed by atoms with van der Waals surface area (Å²) < 4.78 is 49.8. The van der Waals surface area contributed by atoms with Gasteiger partial charge in [-0.2, -0.15) is 0 Å². The van der Waals surface area contributed by atoms with Crippen LogP contribution in [-0.4, -0.2) is 187 Å². The Hall–Kier alpha value is -0.720. The van der Waals surface area contributed by atoms with Crippen molar-refractivity contribution < 1.29 is 89.0 Å². The second-order valence-corrected chi connectivity index (χ2v) is 21.6. The van der Waals surface area contributed by atoms with Crippen LogP contribution in [0, 0.1) is 52.3 Å². The molecule has 5 heterocycles. The van der Waals surface area contributed by atoms with Gasteiger partial charge in [0.1, 0.15) is 61.0 Å². The fourth-order valence-electron chi connectivity index (χ4n) is 14.7. The second-order valence-electron chi connectivity index (χ2n) is 21.6. The molecule has 10 N–H and O–H groups in total. The van der Waals surface area contributed by atoms with Gasteiger partial charge in [-0.1, -0.05) is 20.8 Å². The van der Waals surface area contributed by atoms with Crippen LogP contribution in [0.4, 0.5) is 0 Å². The van der Waals surface area contributed by atoms with Crippen molar-refractivity contribution in [2.24, 2.45) is 52.3 Å². The summed E-state index contributed by atoms with van der Waals surface area (Å²) in [6.45, 7) is 10.0. The fourth-order valence-corrected chi connectivity index (χ4v) is 14.7. The van der Waals surface area contributed by atoms with E-state index < -0.39 is 117 Å². The van der Waals surface area contributed by atoms with E-state index in [1.54, 1.807) is 0 Å². The summed E-state index contributed by atoms with van der Waals surface area (Å²) in [4.78, 5) is 0. The highest BCUT2D eigenvalue weighted by atomic mass is 16.8. The van der Waals surface area contributed by atoms with Crippen LogP contribution in [0.25, 0.3) is 0 Å². The normalized spacial score (nSPS) is 59.4. The Kier molecular flexibility index (Phi) is 13.3. The zero-order valence-corrected chi connectivity index (χ0v) is 37.2. The van der Waals surface area contributed by atoms with Crippen LogP contribution >= 0.6 is 0 Å². The predicted octanol–water partition coefficient (Wildman–Crippen LogP) is -0.735. The minimum Gasteiger partial charge on any atom is -0.396 e. The molecule has 0 unspecified atom stereocenters. The standard InChI is InChI=1S/C45H74O18/c1-18-30-28(63-45(18)11-8-21(15-46)17-56-45)13-25-23-7-6-22-12-27(26(48)14-44(22,5)24(23)9-10-43(25,30)4)59-42-39(62-41-36(54)34(52)32(50)20(3)58-41)37(55)38(29(16-47)60-42)61-40-35(53)33(51)31(49)19(2)57-40/h18-42,46-55H,6-17H2,1-5H3/t18-,19-,20-,21-,22-,23+,24-,25+,26+,27-,28-,29+,30-,31-,32-,33+,34+,35+,36+,37-,38+,39+,40-,41-,42+,43-,44-,45+/m0/s1. The zero-order chi connectivity index (χ0) is 45.1. The van der Waals surface area contributed by atoms with Gasteiger partial charge in [-0.05, 0) is 106 Å². The van der Waals surface area contributed by atoms with Crippen LogP contribution in [0.3, 0.4) is 0 Å². The lowest BCUT2D eigenvalue weighted by atomic mass is 9.44. The molecule has 18 nitrogen and oxygen atoms in total. The highest BCUT2D eigenvalue weighted by molar-refractivity contribution is 5.16. The highest BCUT2D eigenvalue weighted by Gasteiger charge is 2.70. The first-order valence-electron chi connectivity index (χ1n) is 23.8. The average Bonchev–Trinajstić information content (AvgIpc) is 3.71. The van der Waals surface area contributed by atoms with Gasteiger partial charge < -0.3 is 89.0 Å². The Labute approximate surface area is 369 Å². The van der Waals surface area contributed by atoms with Crippen molar-refractivity contribution in [3.05, 3.63) is 0 Å². The lowest BCUT2D eigenvalue weighted by molar-refractivity contribution is -0.391. The Morgan fingerprint density at radius 1 is 0.603 bits per heavy atom. The molecular formula is C45H74O18. The van der Waals surface area contributed by atoms with E-state index in [9.17, 15) is 51.1 Å². The van der Waals surface area contributed by atoms with E-state index in [1.807, 2.05) is 0 Å². The van der Waals surface area contributed by atoms with Crippen molar-refractivity contribution in [1.82, 2.24) is 0 Å². The molecule has 0 amide bonds. The van der Waals surface area contributed by atoms with Gasteiger partial charge in [0.05, 0.1) is 43.7 Å². The van der Waals surface area contributed by atoms with Gasteiger partial charge in [-0.3, -0.25) is 0 Å². The summed E-state index contributed by atoms with van der Waals surface area (Å²) in [6, 6.07) is 0. The van der Waals surface area contributed by atoms with Crippen molar-refractivity contribution in [2.75, 3.05) is 19.8 Å². The minimum atomic E-state index is -1.76. The molecule has 4 aliphatic carbocycles. The molecule has 5 saturated heterocycles. The van der Waals surface area contributed by atoms with E-state index in [1.165, 1.54) is 13.8 Å². The highest BCUT2D eigenvalue weighted by Crippen LogP contribution is 2.71. The first kappa shape index (κ1) is 47.4. The number of fused-ring (bicyclic) bond motifs is 7. The molecule has 18 heteroatoms. The average molecular weight is 903 g/mol.